The van der Waals surface area contributed by atoms with Crippen LogP contribution in [0.15, 0.2) is 65.8 Å². The molecule has 8 heteroatoms. The first-order valence-electron chi connectivity index (χ1n) is 6.87. The Morgan fingerprint density at radius 3 is 2.12 bits per heavy atom. The van der Waals surface area contributed by atoms with Crippen molar-refractivity contribution in [2.45, 2.75) is 6.10 Å². The molecular weight excluding hydrogens is 390 g/mol. The van der Waals surface area contributed by atoms with Crippen molar-refractivity contribution in [2.75, 3.05) is 7.11 Å². The van der Waals surface area contributed by atoms with E-state index in [-0.39, 0.29) is 22.2 Å². The summed E-state index contributed by atoms with van der Waals surface area (Å²) in [7, 11) is 1.26. The molecule has 2 rings (SSSR count). The quantitative estimate of drug-likeness (QED) is 0.262. The Balaban J connectivity index is 0.00000104. The monoisotopic (exact) mass is 406 g/mol. The second-order valence-electron chi connectivity index (χ2n) is 4.40. The third kappa shape index (κ3) is 8.42. The van der Waals surface area contributed by atoms with Gasteiger partial charge in [0.05, 0.1) is 5.71 Å². The molecule has 6 nitrogen and oxygen atoms in total. The third-order valence-corrected chi connectivity index (χ3v) is 2.90. The number of hydrogen-bond acceptors (Lipinski definition) is 5. The molecule has 0 heterocycles. The van der Waals surface area contributed by atoms with Gasteiger partial charge in [-0.1, -0.05) is 79.4 Å². The molecule has 0 aliphatic carbocycles. The molecule has 0 saturated carbocycles. The molecule has 1 unspecified atom stereocenters. The second kappa shape index (κ2) is 13.1. The molecule has 3 N–H and O–H groups in total. The maximum absolute atomic E-state index is 10.5. The van der Waals surface area contributed by atoms with E-state index in [1.807, 2.05) is 60.7 Å². The van der Waals surface area contributed by atoms with E-state index in [0.717, 1.165) is 11.1 Å². The average molecular weight is 407 g/mol. The summed E-state index contributed by atoms with van der Waals surface area (Å²) in [4.78, 5) is 8.83. The fraction of sp³-hybridized carbons (Fsp3) is 0.118. The van der Waals surface area contributed by atoms with Crippen LogP contribution in [0.3, 0.4) is 0 Å². The van der Waals surface area contributed by atoms with Crippen LogP contribution >= 0.6 is 12.2 Å². The van der Waals surface area contributed by atoms with E-state index in [4.69, 9.17) is 10.5 Å². The van der Waals surface area contributed by atoms with E-state index < -0.39 is 6.10 Å². The normalized spacial score (nSPS) is 11.0. The molecule has 1 radical (unpaired) electrons. The Bertz CT molecular complexity index is 669. The van der Waals surface area contributed by atoms with Crippen molar-refractivity contribution in [2.24, 2.45) is 5.10 Å². The van der Waals surface area contributed by atoms with Crippen LogP contribution in [0.25, 0.3) is 5.73 Å². The molecule has 0 saturated heterocycles. The fourth-order valence-corrected chi connectivity index (χ4v) is 1.84. The number of hydrazone groups is 1. The Morgan fingerprint density at radius 1 is 1.20 bits per heavy atom. The number of methoxy groups -OCH3 is 1. The van der Waals surface area contributed by atoms with Crippen LogP contribution in [0.5, 0.6) is 0 Å². The van der Waals surface area contributed by atoms with Crippen molar-refractivity contribution in [3.63, 3.8) is 0 Å². The second-order valence-corrected chi connectivity index (χ2v) is 4.81. The number of hydrogen-bond donors (Lipinski definition) is 2. The molecule has 0 spiro atoms. The van der Waals surface area contributed by atoms with Gasteiger partial charge in [0.15, 0.2) is 0 Å². The summed E-state index contributed by atoms with van der Waals surface area (Å²) in [6.07, 6.45) is -0.888. The molecule has 0 aromatic heterocycles. The van der Waals surface area contributed by atoms with Crippen molar-refractivity contribution in [1.82, 2.24) is 5.43 Å². The summed E-state index contributed by atoms with van der Waals surface area (Å²) < 4.78 is 3.74. The van der Waals surface area contributed by atoms with Gasteiger partial charge in [0.1, 0.15) is 6.10 Å². The first-order chi connectivity index (χ1) is 11.6. The maximum atomic E-state index is 10.5. The minimum atomic E-state index is -0.888. The van der Waals surface area contributed by atoms with Gasteiger partial charge in [0.2, 0.25) is 0 Å². The largest absolute Gasteiger partial charge is 2.00 e. The van der Waals surface area contributed by atoms with E-state index in [0.29, 0.717) is 5.71 Å². The number of ether oxygens (including phenoxy) is 1. The standard InChI is InChI=1S/C15H15N3OS.C2H3O2.Cu/c16-15(20)18-17-13(11-7-3-1-4-8-11)14(19)12-9-5-2-6-10-12;1-4-2-3;/h1-10,14,19H,(H3,16,18,20);1H3;/q;-1;+2/p-1/b17-13+;;. The molecule has 0 aliphatic rings. The smallest absolute Gasteiger partial charge is 0.655 e. The van der Waals surface area contributed by atoms with Crippen LogP contribution in [0, 0.1) is 0 Å². The van der Waals surface area contributed by atoms with Gasteiger partial charge in [0, 0.05) is 12.2 Å². The van der Waals surface area contributed by atoms with Gasteiger partial charge in [-0.25, -0.2) is 0 Å². The Morgan fingerprint density at radius 2 is 1.68 bits per heavy atom. The predicted octanol–water partition coefficient (Wildman–Crippen LogP) is 2.75. The molecule has 25 heavy (non-hydrogen) atoms. The molecule has 0 fully saturated rings. The van der Waals surface area contributed by atoms with E-state index in [9.17, 15) is 5.11 Å². The number of nitrogens with zero attached hydrogens (tertiary/aromatic N) is 1. The number of nitrogens with one attached hydrogen (secondary N) is 2. The van der Waals surface area contributed by atoms with Gasteiger partial charge < -0.3 is 25.8 Å². The average Bonchev–Trinajstić information content (AvgIpc) is 2.63. The zero-order valence-electron chi connectivity index (χ0n) is 13.3. The number of aliphatic hydroxyl groups is 1. The third-order valence-electron chi connectivity index (χ3n) is 2.81. The van der Waals surface area contributed by atoms with Crippen LogP contribution in [-0.4, -0.2) is 29.5 Å². The van der Waals surface area contributed by atoms with Crippen molar-refractivity contribution in [1.29, 1.82) is 0 Å². The molecule has 0 amide bonds. The summed E-state index contributed by atoms with van der Waals surface area (Å²) in [5, 5.41) is 14.3. The van der Waals surface area contributed by atoms with Crippen LogP contribution in [0.2, 0.25) is 0 Å². The van der Waals surface area contributed by atoms with Crippen molar-refractivity contribution < 1.29 is 31.7 Å². The minimum Gasteiger partial charge on any atom is -0.655 e. The van der Waals surface area contributed by atoms with Gasteiger partial charge in [-0.15, -0.1) is 0 Å². The van der Waals surface area contributed by atoms with Crippen molar-refractivity contribution >= 4 is 29.5 Å². The molecule has 0 bridgehead atoms. The van der Waals surface area contributed by atoms with E-state index >= 15 is 0 Å². The molecule has 135 valence electrons. The van der Waals surface area contributed by atoms with Gasteiger partial charge >= 0.3 is 17.1 Å². The number of rotatable bonds is 5. The van der Waals surface area contributed by atoms with Crippen molar-refractivity contribution in [3.05, 3.63) is 77.5 Å². The fourth-order valence-electron chi connectivity index (χ4n) is 1.80. The SMILES string of the molecule is CO[C-]=O.[Cu+2].[NH-]C(=S)N/N=C(\c1ccccc1)C(O)c1ccccc1. The number of thiocarbonyl (C=S) groups is 1. The first-order valence-corrected chi connectivity index (χ1v) is 7.28. The van der Waals surface area contributed by atoms with Crippen LogP contribution in [0.4, 0.5) is 0 Å². The Kier molecular flexibility index (Phi) is 11.9. The van der Waals surface area contributed by atoms with E-state index in [1.165, 1.54) is 13.6 Å². The molecule has 0 aliphatic heterocycles. The molecule has 2 aromatic rings. The summed E-state index contributed by atoms with van der Waals surface area (Å²) in [6.45, 7) is 1.18. The number of carbonyl (C=O) groups excluding carboxylic acids is 1. The van der Waals surface area contributed by atoms with Gasteiger partial charge in [-0.2, -0.15) is 0 Å². The van der Waals surface area contributed by atoms with Crippen LogP contribution in [-0.2, 0) is 26.6 Å². The number of benzene rings is 2. The van der Waals surface area contributed by atoms with Crippen LogP contribution < -0.4 is 5.43 Å². The van der Waals surface area contributed by atoms with Crippen molar-refractivity contribution in [3.8, 4) is 0 Å². The summed E-state index contributed by atoms with van der Waals surface area (Å²) >= 11 is 4.63. The minimum absolute atomic E-state index is 0. The van der Waals surface area contributed by atoms with Gasteiger partial charge in [-0.3, -0.25) is 5.10 Å². The summed E-state index contributed by atoms with van der Waals surface area (Å²) in [5.74, 6) is 0. The van der Waals surface area contributed by atoms with Crippen LogP contribution in [0.1, 0.15) is 17.2 Å². The van der Waals surface area contributed by atoms with Gasteiger partial charge in [-0.05, 0) is 11.1 Å². The Hall–Kier alpha value is -2.25. The maximum Gasteiger partial charge on any atom is 2.00 e. The molecule has 2 aromatic carbocycles. The Labute approximate surface area is 162 Å². The zero-order valence-corrected chi connectivity index (χ0v) is 15.0. The topological polar surface area (TPSA) is 94.7 Å². The summed E-state index contributed by atoms with van der Waals surface area (Å²) in [5.41, 5.74) is 11.6. The summed E-state index contributed by atoms with van der Waals surface area (Å²) in [6, 6.07) is 18.5. The zero-order chi connectivity index (χ0) is 17.8. The first kappa shape index (κ1) is 22.7. The number of aliphatic hydroxyl groups excluding tert-OH is 1. The van der Waals surface area contributed by atoms with E-state index in [2.05, 4.69) is 27.5 Å². The molecular formula is C17H17CuN3O3S. The predicted molar refractivity (Wildman–Crippen MR) is 97.1 cm³/mol. The molecule has 1 atom stereocenters. The van der Waals surface area contributed by atoms with Gasteiger partial charge in [0.25, 0.3) is 0 Å². The van der Waals surface area contributed by atoms with E-state index in [1.54, 1.807) is 0 Å².